The fourth-order valence-electron chi connectivity index (χ4n) is 2.59. The maximum atomic E-state index is 12.1. The Morgan fingerprint density at radius 1 is 1.04 bits per heavy atom. The van der Waals surface area contributed by atoms with Crippen LogP contribution in [0, 0.1) is 0 Å². The number of carbonyl (C=O) groups is 3. The van der Waals surface area contributed by atoms with E-state index in [1.165, 1.54) is 6.92 Å². The van der Waals surface area contributed by atoms with Gasteiger partial charge in [-0.25, -0.2) is 0 Å². The number of Topliss-reactive ketones (excluding diaryl/α,β-unsaturated/α-hetero) is 1. The van der Waals surface area contributed by atoms with Crippen LogP contribution in [0.15, 0.2) is 54.6 Å². The normalized spacial score (nSPS) is 11.4. The zero-order valence-corrected chi connectivity index (χ0v) is 15.2. The van der Waals surface area contributed by atoms with E-state index in [-0.39, 0.29) is 24.5 Å². The van der Waals surface area contributed by atoms with E-state index in [0.29, 0.717) is 24.3 Å². The zero-order valence-electron chi connectivity index (χ0n) is 15.2. The van der Waals surface area contributed by atoms with Crippen molar-refractivity contribution in [3.63, 3.8) is 0 Å². The second kappa shape index (κ2) is 10.1. The van der Waals surface area contributed by atoms with Gasteiger partial charge in [-0.15, -0.1) is 0 Å². The molecule has 2 rings (SSSR count). The third-order valence-electron chi connectivity index (χ3n) is 3.99. The molecule has 0 aliphatic carbocycles. The van der Waals surface area contributed by atoms with E-state index in [2.05, 4.69) is 5.32 Å². The quantitative estimate of drug-likeness (QED) is 0.495. The summed E-state index contributed by atoms with van der Waals surface area (Å²) in [4.78, 5) is 34.4. The molecule has 1 amide bonds. The number of carboxylic acids is 1. The third kappa shape index (κ3) is 6.93. The molecule has 0 aliphatic rings. The average Bonchev–Trinajstić information content (AvgIpc) is 2.65. The van der Waals surface area contributed by atoms with Crippen molar-refractivity contribution in [2.75, 3.05) is 6.61 Å². The van der Waals surface area contributed by atoms with E-state index in [0.717, 1.165) is 5.56 Å². The molecule has 0 radical (unpaired) electrons. The predicted octanol–water partition coefficient (Wildman–Crippen LogP) is 3.38. The van der Waals surface area contributed by atoms with Crippen LogP contribution < -0.4 is 10.1 Å². The number of hydrogen-bond donors (Lipinski definition) is 2. The van der Waals surface area contributed by atoms with E-state index >= 15 is 0 Å². The molecule has 0 aliphatic heterocycles. The summed E-state index contributed by atoms with van der Waals surface area (Å²) in [7, 11) is 0. The highest BCUT2D eigenvalue weighted by atomic mass is 16.5. The Labute approximate surface area is 158 Å². The minimum atomic E-state index is -0.971. The van der Waals surface area contributed by atoms with Gasteiger partial charge in [-0.2, -0.15) is 0 Å². The van der Waals surface area contributed by atoms with Gasteiger partial charge in [0.1, 0.15) is 5.75 Å². The Bertz CT molecular complexity index is 771. The van der Waals surface area contributed by atoms with Crippen molar-refractivity contribution in [1.29, 1.82) is 0 Å². The van der Waals surface area contributed by atoms with Crippen LogP contribution in [0.4, 0.5) is 0 Å². The Morgan fingerprint density at radius 3 is 2.30 bits per heavy atom. The molecule has 0 fully saturated rings. The number of benzene rings is 2. The van der Waals surface area contributed by atoms with Gasteiger partial charge in [0.05, 0.1) is 19.1 Å². The number of carboxylic acid groups (broad SMARTS) is 1. The minimum Gasteiger partial charge on any atom is -0.494 e. The first-order chi connectivity index (χ1) is 13.0. The molecule has 0 saturated carbocycles. The fraction of sp³-hybridized carbons (Fsp3) is 0.286. The number of amides is 1. The molecule has 2 aromatic rings. The third-order valence-corrected chi connectivity index (χ3v) is 3.99. The van der Waals surface area contributed by atoms with Gasteiger partial charge in [-0.1, -0.05) is 30.3 Å². The highest BCUT2D eigenvalue weighted by molar-refractivity contribution is 5.94. The molecule has 6 heteroatoms. The summed E-state index contributed by atoms with van der Waals surface area (Å²) < 4.78 is 5.56. The first-order valence-corrected chi connectivity index (χ1v) is 8.75. The van der Waals surface area contributed by atoms with Crippen molar-refractivity contribution in [2.45, 2.75) is 32.2 Å². The monoisotopic (exact) mass is 369 g/mol. The predicted molar refractivity (Wildman–Crippen MR) is 101 cm³/mol. The lowest BCUT2D eigenvalue weighted by Crippen LogP contribution is -2.30. The Balaban J connectivity index is 1.78. The molecule has 6 nitrogen and oxygen atoms in total. The number of ether oxygens (including phenoxy) is 1. The Morgan fingerprint density at radius 2 is 1.70 bits per heavy atom. The second-order valence-electron chi connectivity index (χ2n) is 6.16. The number of hydrogen-bond acceptors (Lipinski definition) is 4. The topological polar surface area (TPSA) is 92.7 Å². The Hall–Kier alpha value is -3.15. The van der Waals surface area contributed by atoms with Crippen molar-refractivity contribution in [1.82, 2.24) is 5.32 Å². The highest BCUT2D eigenvalue weighted by Crippen LogP contribution is 2.17. The summed E-state index contributed by atoms with van der Waals surface area (Å²) in [5, 5.41) is 11.8. The molecule has 27 heavy (non-hydrogen) atoms. The van der Waals surface area contributed by atoms with Crippen molar-refractivity contribution in [3.8, 4) is 5.75 Å². The van der Waals surface area contributed by atoms with E-state index in [1.54, 1.807) is 36.4 Å². The summed E-state index contributed by atoms with van der Waals surface area (Å²) in [5.74, 6) is -0.567. The molecular weight excluding hydrogens is 346 g/mol. The average molecular weight is 369 g/mol. The lowest BCUT2D eigenvalue weighted by molar-refractivity contribution is -0.137. The maximum Gasteiger partial charge on any atom is 0.305 e. The zero-order chi connectivity index (χ0) is 19.6. The number of ketones is 1. The molecule has 0 saturated heterocycles. The van der Waals surface area contributed by atoms with Crippen LogP contribution in [-0.2, 0) is 9.59 Å². The molecule has 0 heterocycles. The van der Waals surface area contributed by atoms with Gasteiger partial charge in [-0.3, -0.25) is 14.4 Å². The first kappa shape index (κ1) is 20.2. The number of rotatable bonds is 10. The summed E-state index contributed by atoms with van der Waals surface area (Å²) in [6.07, 6.45) is 0.554. The van der Waals surface area contributed by atoms with E-state index in [1.807, 2.05) is 18.2 Å². The van der Waals surface area contributed by atoms with Crippen LogP contribution >= 0.6 is 0 Å². The van der Waals surface area contributed by atoms with E-state index < -0.39 is 12.0 Å². The minimum absolute atomic E-state index is 0.00690. The van der Waals surface area contributed by atoms with Gasteiger partial charge in [0.25, 0.3) is 0 Å². The Kier molecular flexibility index (Phi) is 7.55. The second-order valence-corrected chi connectivity index (χ2v) is 6.16. The summed E-state index contributed by atoms with van der Waals surface area (Å²) in [6.45, 7) is 1.85. The van der Waals surface area contributed by atoms with Crippen LogP contribution in [0.1, 0.15) is 48.1 Å². The summed E-state index contributed by atoms with van der Waals surface area (Å²) in [6, 6.07) is 15.3. The van der Waals surface area contributed by atoms with Gasteiger partial charge >= 0.3 is 5.97 Å². The van der Waals surface area contributed by atoms with Gasteiger partial charge in [0.15, 0.2) is 5.78 Å². The molecule has 142 valence electrons. The number of aliphatic carboxylic acids is 1. The molecule has 0 bridgehead atoms. The highest BCUT2D eigenvalue weighted by Gasteiger charge is 2.17. The van der Waals surface area contributed by atoms with Crippen molar-refractivity contribution in [2.24, 2.45) is 0 Å². The van der Waals surface area contributed by atoms with Crippen LogP contribution in [0.2, 0.25) is 0 Å². The van der Waals surface area contributed by atoms with Gasteiger partial charge in [0, 0.05) is 12.0 Å². The largest absolute Gasteiger partial charge is 0.494 e. The SMILES string of the molecule is CC(=O)c1ccc(OCCCC(=O)NC(CC(=O)O)c2ccccc2)cc1. The van der Waals surface area contributed by atoms with Crippen LogP contribution in [-0.4, -0.2) is 29.4 Å². The standard InChI is InChI=1S/C21H23NO5/c1-15(23)16-9-11-18(12-10-16)27-13-5-8-20(24)22-19(14-21(25)26)17-6-3-2-4-7-17/h2-4,6-7,9-12,19H,5,8,13-14H2,1H3,(H,22,24)(H,25,26). The molecule has 0 spiro atoms. The van der Waals surface area contributed by atoms with Crippen LogP contribution in [0.5, 0.6) is 5.75 Å². The molecule has 1 atom stereocenters. The number of carbonyl (C=O) groups excluding carboxylic acids is 2. The summed E-state index contributed by atoms with van der Waals surface area (Å²) >= 11 is 0. The smallest absolute Gasteiger partial charge is 0.305 e. The van der Waals surface area contributed by atoms with Crippen molar-refractivity contribution in [3.05, 3.63) is 65.7 Å². The van der Waals surface area contributed by atoms with Gasteiger partial charge in [0.2, 0.25) is 5.91 Å². The van der Waals surface area contributed by atoms with Gasteiger partial charge < -0.3 is 15.2 Å². The molecule has 2 N–H and O–H groups in total. The van der Waals surface area contributed by atoms with E-state index in [4.69, 9.17) is 9.84 Å². The van der Waals surface area contributed by atoms with E-state index in [9.17, 15) is 14.4 Å². The maximum absolute atomic E-state index is 12.1. The molecular formula is C21H23NO5. The molecule has 0 aromatic heterocycles. The first-order valence-electron chi connectivity index (χ1n) is 8.75. The molecule has 2 aromatic carbocycles. The lowest BCUT2D eigenvalue weighted by atomic mass is 10.0. The van der Waals surface area contributed by atoms with Crippen molar-refractivity contribution < 1.29 is 24.2 Å². The molecule has 1 unspecified atom stereocenters. The summed E-state index contributed by atoms with van der Waals surface area (Å²) in [5.41, 5.74) is 1.38. The van der Waals surface area contributed by atoms with Gasteiger partial charge in [-0.05, 0) is 43.2 Å². The lowest BCUT2D eigenvalue weighted by Gasteiger charge is -2.17. The van der Waals surface area contributed by atoms with Crippen LogP contribution in [0.3, 0.4) is 0 Å². The fourth-order valence-corrected chi connectivity index (χ4v) is 2.59. The van der Waals surface area contributed by atoms with Crippen LogP contribution in [0.25, 0.3) is 0 Å². The van der Waals surface area contributed by atoms with Crippen molar-refractivity contribution >= 4 is 17.7 Å². The number of nitrogens with one attached hydrogen (secondary N) is 1.